The summed E-state index contributed by atoms with van der Waals surface area (Å²) in [4.78, 5) is 18.5. The predicted octanol–water partition coefficient (Wildman–Crippen LogP) is 4.82. The lowest BCUT2D eigenvalue weighted by molar-refractivity contribution is 0.0205. The molecule has 1 amide bonds. The van der Waals surface area contributed by atoms with Gasteiger partial charge in [0.2, 0.25) is 0 Å². The topological polar surface area (TPSA) is 51.7 Å². The third-order valence-electron chi connectivity index (χ3n) is 4.63. The van der Waals surface area contributed by atoms with Crippen molar-refractivity contribution in [1.82, 2.24) is 9.88 Å². The Labute approximate surface area is 165 Å². The molecule has 0 N–H and O–H groups in total. The maximum absolute atomic E-state index is 12.6. The summed E-state index contributed by atoms with van der Waals surface area (Å²) in [5.41, 5.74) is 0.914. The Morgan fingerprint density at radius 2 is 1.85 bits per heavy atom. The van der Waals surface area contributed by atoms with Gasteiger partial charge in [-0.2, -0.15) is 0 Å². The second-order valence-electron chi connectivity index (χ2n) is 9.21. The van der Waals surface area contributed by atoms with Crippen LogP contribution in [0, 0.1) is 12.3 Å². The third-order valence-corrected chi connectivity index (χ3v) is 9.17. The number of rotatable bonds is 6. The molecule has 0 aliphatic rings. The summed E-state index contributed by atoms with van der Waals surface area (Å²) in [6.07, 6.45) is 6.69. The minimum absolute atomic E-state index is 0.124. The van der Waals surface area contributed by atoms with Crippen molar-refractivity contribution in [3.8, 4) is 12.3 Å². The minimum Gasteiger partial charge on any atom is -0.444 e. The van der Waals surface area contributed by atoms with Crippen LogP contribution >= 0.6 is 0 Å². The SMILES string of the molecule is C#Cc1ccc(CN(CCO[Si](C)(C)C(C)(C)C)C(=O)OC(C)(C)C)cn1. The molecule has 1 aromatic heterocycles. The molecule has 0 aliphatic carbocycles. The van der Waals surface area contributed by atoms with Crippen molar-refractivity contribution in [2.45, 2.75) is 71.8 Å². The number of carbonyl (C=O) groups is 1. The van der Waals surface area contributed by atoms with Gasteiger partial charge in [-0.3, -0.25) is 0 Å². The fraction of sp³-hybridized carbons (Fsp3) is 0.619. The number of amides is 1. The predicted molar refractivity (Wildman–Crippen MR) is 112 cm³/mol. The molecule has 150 valence electrons. The van der Waals surface area contributed by atoms with E-state index in [1.807, 2.05) is 26.8 Å². The zero-order valence-corrected chi connectivity index (χ0v) is 19.0. The second kappa shape index (κ2) is 8.90. The lowest BCUT2D eigenvalue weighted by Crippen LogP contribution is -2.44. The molecule has 0 aromatic carbocycles. The Morgan fingerprint density at radius 1 is 1.22 bits per heavy atom. The summed E-state index contributed by atoms with van der Waals surface area (Å²) in [6, 6.07) is 3.66. The number of aromatic nitrogens is 1. The van der Waals surface area contributed by atoms with E-state index in [-0.39, 0.29) is 11.1 Å². The summed E-state index contributed by atoms with van der Waals surface area (Å²) in [5, 5.41) is 0.124. The van der Waals surface area contributed by atoms with Gasteiger partial charge in [-0.1, -0.05) is 32.8 Å². The van der Waals surface area contributed by atoms with Crippen molar-refractivity contribution < 1.29 is 14.0 Å². The van der Waals surface area contributed by atoms with Gasteiger partial charge in [0.05, 0.1) is 13.2 Å². The molecule has 0 saturated carbocycles. The molecule has 5 nitrogen and oxygen atoms in total. The van der Waals surface area contributed by atoms with Crippen molar-refractivity contribution in [3.05, 3.63) is 29.6 Å². The van der Waals surface area contributed by atoms with Crippen molar-refractivity contribution in [2.75, 3.05) is 13.2 Å². The molecular weight excluding hydrogens is 356 g/mol. The standard InChI is InChI=1S/C21H34N2O3Si/c1-10-18-12-11-17(15-22-18)16-23(19(24)26-20(2,3)4)13-14-25-27(8,9)21(5,6)7/h1,11-12,15H,13-14,16H2,2-9H3. The molecule has 6 heteroatoms. The van der Waals surface area contributed by atoms with Crippen LogP contribution in [0.3, 0.4) is 0 Å². The first kappa shape index (κ1) is 23.2. The molecule has 0 radical (unpaired) electrons. The zero-order valence-electron chi connectivity index (χ0n) is 18.0. The largest absolute Gasteiger partial charge is 0.444 e. The summed E-state index contributed by atoms with van der Waals surface area (Å²) in [7, 11) is -1.87. The van der Waals surface area contributed by atoms with Gasteiger partial charge in [0.1, 0.15) is 11.3 Å². The van der Waals surface area contributed by atoms with Crippen molar-refractivity contribution in [1.29, 1.82) is 0 Å². The fourth-order valence-corrected chi connectivity index (χ4v) is 3.05. The number of hydrogen-bond donors (Lipinski definition) is 0. The lowest BCUT2D eigenvalue weighted by atomic mass is 10.2. The molecule has 0 fully saturated rings. The van der Waals surface area contributed by atoms with E-state index in [0.29, 0.717) is 25.4 Å². The Kier molecular flexibility index (Phi) is 7.64. The number of nitrogens with zero attached hydrogens (tertiary/aromatic N) is 2. The van der Waals surface area contributed by atoms with E-state index in [2.05, 4.69) is 44.8 Å². The van der Waals surface area contributed by atoms with E-state index in [0.717, 1.165) is 5.56 Å². The molecule has 1 rings (SSSR count). The van der Waals surface area contributed by atoms with Crippen LogP contribution in [-0.4, -0.2) is 43.0 Å². The van der Waals surface area contributed by atoms with Crippen molar-refractivity contribution in [2.24, 2.45) is 0 Å². The third kappa shape index (κ3) is 7.73. The highest BCUT2D eigenvalue weighted by Gasteiger charge is 2.37. The van der Waals surface area contributed by atoms with Crippen LogP contribution in [0.4, 0.5) is 4.79 Å². The maximum Gasteiger partial charge on any atom is 0.410 e. The molecule has 1 heterocycles. The van der Waals surface area contributed by atoms with E-state index in [1.165, 1.54) is 0 Å². The summed E-state index contributed by atoms with van der Waals surface area (Å²) in [6.45, 7) is 17.9. The number of hydrogen-bond acceptors (Lipinski definition) is 4. The minimum atomic E-state index is -1.87. The zero-order chi connectivity index (χ0) is 20.9. The summed E-state index contributed by atoms with van der Waals surface area (Å²) >= 11 is 0. The Balaban J connectivity index is 2.84. The van der Waals surface area contributed by atoms with E-state index in [4.69, 9.17) is 15.6 Å². The molecule has 0 saturated heterocycles. The Hall–Kier alpha value is -1.84. The first-order valence-corrected chi connectivity index (χ1v) is 12.2. The molecule has 0 aliphatic heterocycles. The van der Waals surface area contributed by atoms with Gasteiger partial charge in [0.25, 0.3) is 0 Å². The monoisotopic (exact) mass is 390 g/mol. The molecular formula is C21H34N2O3Si. The van der Waals surface area contributed by atoms with Crippen LogP contribution in [0.15, 0.2) is 18.3 Å². The van der Waals surface area contributed by atoms with Gasteiger partial charge >= 0.3 is 6.09 Å². The van der Waals surface area contributed by atoms with E-state index in [1.54, 1.807) is 17.2 Å². The first-order valence-electron chi connectivity index (χ1n) is 9.28. The highest BCUT2D eigenvalue weighted by Crippen LogP contribution is 2.36. The van der Waals surface area contributed by atoms with Gasteiger partial charge in [0, 0.05) is 12.7 Å². The van der Waals surface area contributed by atoms with Crippen LogP contribution in [-0.2, 0) is 15.7 Å². The quantitative estimate of drug-likeness (QED) is 0.516. The van der Waals surface area contributed by atoms with Crippen LogP contribution in [0.5, 0.6) is 0 Å². The Morgan fingerprint density at radius 3 is 2.30 bits per heavy atom. The molecule has 27 heavy (non-hydrogen) atoms. The van der Waals surface area contributed by atoms with Crippen LogP contribution in [0.2, 0.25) is 18.1 Å². The van der Waals surface area contributed by atoms with Crippen molar-refractivity contribution >= 4 is 14.4 Å². The van der Waals surface area contributed by atoms with Gasteiger partial charge in [-0.15, -0.1) is 6.42 Å². The molecule has 0 spiro atoms. The average Bonchev–Trinajstić information content (AvgIpc) is 2.51. The van der Waals surface area contributed by atoms with Crippen LogP contribution < -0.4 is 0 Å². The highest BCUT2D eigenvalue weighted by atomic mass is 28.4. The van der Waals surface area contributed by atoms with Gasteiger partial charge in [-0.05, 0) is 50.5 Å². The molecule has 0 unspecified atom stereocenters. The summed E-state index contributed by atoms with van der Waals surface area (Å²) in [5.74, 6) is 2.49. The number of terminal acetylenes is 1. The average molecular weight is 391 g/mol. The molecule has 1 aromatic rings. The normalized spacial score (nSPS) is 12.4. The first-order chi connectivity index (χ1) is 12.2. The lowest BCUT2D eigenvalue weighted by Gasteiger charge is -2.37. The molecule has 0 atom stereocenters. The highest BCUT2D eigenvalue weighted by molar-refractivity contribution is 6.74. The maximum atomic E-state index is 12.6. The van der Waals surface area contributed by atoms with Gasteiger partial charge in [0.15, 0.2) is 8.32 Å². The second-order valence-corrected chi connectivity index (χ2v) is 14.0. The van der Waals surface area contributed by atoms with Gasteiger partial charge < -0.3 is 14.1 Å². The molecule has 0 bridgehead atoms. The number of ether oxygens (including phenoxy) is 1. The fourth-order valence-electron chi connectivity index (χ4n) is 2.01. The van der Waals surface area contributed by atoms with Crippen molar-refractivity contribution in [3.63, 3.8) is 0 Å². The Bertz CT molecular complexity index is 665. The van der Waals surface area contributed by atoms with Gasteiger partial charge in [-0.25, -0.2) is 9.78 Å². The summed E-state index contributed by atoms with van der Waals surface area (Å²) < 4.78 is 11.8. The van der Waals surface area contributed by atoms with E-state index < -0.39 is 13.9 Å². The van der Waals surface area contributed by atoms with E-state index >= 15 is 0 Å². The smallest absolute Gasteiger partial charge is 0.410 e. The van der Waals surface area contributed by atoms with E-state index in [9.17, 15) is 4.79 Å². The number of pyridine rings is 1. The van der Waals surface area contributed by atoms with Crippen LogP contribution in [0.25, 0.3) is 0 Å². The number of carbonyl (C=O) groups excluding carboxylic acids is 1. The van der Waals surface area contributed by atoms with Crippen LogP contribution in [0.1, 0.15) is 52.8 Å².